The minimum atomic E-state index is -0.145. The van der Waals surface area contributed by atoms with Crippen LogP contribution in [0.15, 0.2) is 12.1 Å². The smallest absolute Gasteiger partial charge is 0.147 e. The minimum Gasteiger partial charge on any atom is -0.352 e. The first-order valence-electron chi connectivity index (χ1n) is 8.79. The van der Waals surface area contributed by atoms with Gasteiger partial charge in [0.05, 0.1) is 16.9 Å². The summed E-state index contributed by atoms with van der Waals surface area (Å²) in [6, 6.07) is 3.86. The van der Waals surface area contributed by atoms with Crippen molar-refractivity contribution in [2.45, 2.75) is 53.4 Å². The highest BCUT2D eigenvalue weighted by atomic mass is 19.1. The predicted molar refractivity (Wildman–Crippen MR) is 98.0 cm³/mol. The molecule has 0 amide bonds. The zero-order valence-electron chi connectivity index (χ0n) is 15.4. The van der Waals surface area contributed by atoms with Gasteiger partial charge in [0.15, 0.2) is 0 Å². The fraction of sp³-hybridized carbons (Fsp3) is 0.450. The molecule has 1 aliphatic carbocycles. The number of H-pyrrole nitrogens is 1. The van der Waals surface area contributed by atoms with E-state index < -0.39 is 0 Å². The number of rotatable bonds is 2. The Labute approximate surface area is 142 Å². The topological polar surface area (TPSA) is 33.6 Å². The van der Waals surface area contributed by atoms with Crippen LogP contribution in [0.5, 0.6) is 0 Å². The third-order valence-corrected chi connectivity index (χ3v) is 4.95. The van der Waals surface area contributed by atoms with Crippen LogP contribution in [0.2, 0.25) is 0 Å². The first-order valence-corrected chi connectivity index (χ1v) is 8.79. The van der Waals surface area contributed by atoms with Crippen molar-refractivity contribution in [2.24, 2.45) is 7.05 Å². The molecule has 0 saturated heterocycles. The second-order valence-electron chi connectivity index (χ2n) is 6.49. The van der Waals surface area contributed by atoms with E-state index in [1.807, 2.05) is 39.4 Å². The number of aromatic nitrogens is 3. The molecule has 128 valence electrons. The molecule has 0 bridgehead atoms. The average molecular weight is 327 g/mol. The van der Waals surface area contributed by atoms with Crippen LogP contribution < -0.4 is 0 Å². The standard InChI is InChI=1S/C18H20FN3.C2H6/c1-9-14-7-13(12-5-6-12)8-15(19)18(14)20-17(9)16-10(2)21-22(4)11(16)3;1-2/h7-8,12,20H,5-6H2,1-4H3;1-2H3. The molecule has 1 N–H and O–H groups in total. The zero-order chi connectivity index (χ0) is 17.6. The number of hydrogen-bond donors (Lipinski definition) is 1. The molecule has 3 nitrogen and oxygen atoms in total. The molecule has 0 aliphatic heterocycles. The summed E-state index contributed by atoms with van der Waals surface area (Å²) in [5.41, 5.74) is 6.99. The van der Waals surface area contributed by atoms with E-state index in [0.29, 0.717) is 11.4 Å². The van der Waals surface area contributed by atoms with Crippen molar-refractivity contribution in [3.8, 4) is 11.3 Å². The molecule has 2 aromatic heterocycles. The van der Waals surface area contributed by atoms with Gasteiger partial charge in [-0.2, -0.15) is 5.10 Å². The summed E-state index contributed by atoms with van der Waals surface area (Å²) in [5, 5.41) is 5.48. The van der Waals surface area contributed by atoms with E-state index in [2.05, 4.69) is 23.1 Å². The number of halogens is 1. The highest BCUT2D eigenvalue weighted by Gasteiger charge is 2.26. The van der Waals surface area contributed by atoms with E-state index in [1.54, 1.807) is 6.07 Å². The SMILES string of the molecule is CC.Cc1nn(C)c(C)c1-c1[nH]c2c(F)cc(C3CC3)cc2c1C. The molecule has 0 unspecified atom stereocenters. The van der Waals surface area contributed by atoms with Gasteiger partial charge in [0.1, 0.15) is 5.82 Å². The lowest BCUT2D eigenvalue weighted by molar-refractivity contribution is 0.635. The maximum Gasteiger partial charge on any atom is 0.147 e. The summed E-state index contributed by atoms with van der Waals surface area (Å²) in [6.45, 7) is 10.1. The number of nitrogens with one attached hydrogen (secondary N) is 1. The molecule has 0 atom stereocenters. The van der Waals surface area contributed by atoms with Gasteiger partial charge in [-0.3, -0.25) is 4.68 Å². The van der Waals surface area contributed by atoms with E-state index in [1.165, 1.54) is 12.8 Å². The molecule has 3 aromatic rings. The van der Waals surface area contributed by atoms with Crippen LogP contribution in [0.4, 0.5) is 4.39 Å². The normalized spacial score (nSPS) is 14.0. The number of nitrogens with zero attached hydrogens (tertiary/aromatic N) is 2. The van der Waals surface area contributed by atoms with Crippen LogP contribution in [0, 0.1) is 26.6 Å². The third-order valence-electron chi connectivity index (χ3n) is 4.95. The predicted octanol–water partition coefficient (Wildman–Crippen LogP) is 5.54. The Morgan fingerprint density at radius 1 is 1.17 bits per heavy atom. The fourth-order valence-corrected chi connectivity index (χ4v) is 3.44. The molecule has 4 rings (SSSR count). The van der Waals surface area contributed by atoms with Crippen LogP contribution in [-0.4, -0.2) is 14.8 Å². The summed E-state index contributed by atoms with van der Waals surface area (Å²) in [6.07, 6.45) is 2.37. The van der Waals surface area contributed by atoms with Crippen molar-refractivity contribution in [1.29, 1.82) is 0 Å². The number of benzene rings is 1. The van der Waals surface area contributed by atoms with Crippen molar-refractivity contribution in [3.63, 3.8) is 0 Å². The Balaban J connectivity index is 0.000000815. The Kier molecular flexibility index (Phi) is 4.24. The van der Waals surface area contributed by atoms with Crippen LogP contribution in [0.1, 0.15) is 55.1 Å². The van der Waals surface area contributed by atoms with Gasteiger partial charge in [-0.15, -0.1) is 0 Å². The van der Waals surface area contributed by atoms with Crippen LogP contribution in [0.3, 0.4) is 0 Å². The van der Waals surface area contributed by atoms with Crippen LogP contribution in [-0.2, 0) is 7.05 Å². The fourth-order valence-electron chi connectivity index (χ4n) is 3.44. The Morgan fingerprint density at radius 2 is 1.83 bits per heavy atom. The van der Waals surface area contributed by atoms with E-state index in [4.69, 9.17) is 0 Å². The molecular weight excluding hydrogens is 301 g/mol. The van der Waals surface area contributed by atoms with E-state index in [-0.39, 0.29) is 5.82 Å². The molecule has 24 heavy (non-hydrogen) atoms. The summed E-state index contributed by atoms with van der Waals surface area (Å²) in [5.74, 6) is 0.409. The van der Waals surface area contributed by atoms with Gasteiger partial charge in [-0.05, 0) is 62.8 Å². The Bertz CT molecular complexity index is 898. The molecule has 0 radical (unpaired) electrons. The molecule has 4 heteroatoms. The maximum absolute atomic E-state index is 14.5. The average Bonchev–Trinajstić information content (AvgIpc) is 3.32. The van der Waals surface area contributed by atoms with E-state index in [0.717, 1.165) is 39.2 Å². The van der Waals surface area contributed by atoms with Gasteiger partial charge in [0, 0.05) is 23.7 Å². The van der Waals surface area contributed by atoms with Crippen molar-refractivity contribution >= 4 is 10.9 Å². The maximum atomic E-state index is 14.5. The molecular formula is C20H26FN3. The zero-order valence-corrected chi connectivity index (χ0v) is 15.4. The van der Waals surface area contributed by atoms with Crippen LogP contribution >= 0.6 is 0 Å². The lowest BCUT2D eigenvalue weighted by Gasteiger charge is -2.02. The Morgan fingerprint density at radius 3 is 2.38 bits per heavy atom. The van der Waals surface area contributed by atoms with Gasteiger partial charge >= 0.3 is 0 Å². The van der Waals surface area contributed by atoms with Gasteiger partial charge in [0.25, 0.3) is 0 Å². The van der Waals surface area contributed by atoms with Gasteiger partial charge in [-0.1, -0.05) is 13.8 Å². The second kappa shape index (κ2) is 6.08. The van der Waals surface area contributed by atoms with Crippen molar-refractivity contribution in [3.05, 3.63) is 40.5 Å². The number of fused-ring (bicyclic) bond motifs is 1. The molecule has 2 heterocycles. The lowest BCUT2D eigenvalue weighted by Crippen LogP contribution is -1.93. The summed E-state index contributed by atoms with van der Waals surface area (Å²) < 4.78 is 16.4. The lowest BCUT2D eigenvalue weighted by atomic mass is 10.0. The molecule has 1 saturated carbocycles. The monoisotopic (exact) mass is 327 g/mol. The van der Waals surface area contributed by atoms with Gasteiger partial charge in [0.2, 0.25) is 0 Å². The van der Waals surface area contributed by atoms with E-state index >= 15 is 0 Å². The third kappa shape index (κ3) is 2.54. The first kappa shape index (κ1) is 16.7. The second-order valence-corrected chi connectivity index (χ2v) is 6.49. The molecule has 1 aliphatic rings. The quantitative estimate of drug-likeness (QED) is 0.659. The van der Waals surface area contributed by atoms with Crippen molar-refractivity contribution < 1.29 is 4.39 Å². The van der Waals surface area contributed by atoms with Gasteiger partial charge < -0.3 is 4.98 Å². The molecule has 1 fully saturated rings. The number of aromatic amines is 1. The van der Waals surface area contributed by atoms with Crippen molar-refractivity contribution in [2.75, 3.05) is 0 Å². The first-order chi connectivity index (χ1) is 11.5. The van der Waals surface area contributed by atoms with Crippen molar-refractivity contribution in [1.82, 2.24) is 14.8 Å². The highest BCUT2D eigenvalue weighted by molar-refractivity contribution is 5.92. The molecule has 1 aromatic carbocycles. The summed E-state index contributed by atoms with van der Waals surface area (Å²) in [4.78, 5) is 3.30. The highest BCUT2D eigenvalue weighted by Crippen LogP contribution is 2.43. The summed E-state index contributed by atoms with van der Waals surface area (Å²) in [7, 11) is 1.94. The Hall–Kier alpha value is -2.10. The summed E-state index contributed by atoms with van der Waals surface area (Å²) >= 11 is 0. The number of hydrogen-bond acceptors (Lipinski definition) is 1. The van der Waals surface area contributed by atoms with Crippen LogP contribution in [0.25, 0.3) is 22.2 Å². The van der Waals surface area contributed by atoms with E-state index in [9.17, 15) is 4.39 Å². The largest absolute Gasteiger partial charge is 0.352 e. The minimum absolute atomic E-state index is 0.145. The number of aryl methyl sites for hydroxylation is 3. The van der Waals surface area contributed by atoms with Gasteiger partial charge in [-0.25, -0.2) is 4.39 Å². The molecule has 0 spiro atoms.